The number of hydrogen-bond acceptors (Lipinski definition) is 5. The zero-order valence-electron chi connectivity index (χ0n) is 17.0. The summed E-state index contributed by atoms with van der Waals surface area (Å²) in [7, 11) is 1.66. The van der Waals surface area contributed by atoms with Crippen molar-refractivity contribution < 1.29 is 14.6 Å². The molecule has 4 fully saturated rings. The lowest BCUT2D eigenvalue weighted by Gasteiger charge is -2.57. The second kappa shape index (κ2) is 6.39. The normalized spacial score (nSPS) is 40.4. The maximum absolute atomic E-state index is 12.0. The molecule has 1 aromatic rings. The lowest BCUT2D eigenvalue weighted by atomic mass is 9.60. The zero-order chi connectivity index (χ0) is 19.6. The lowest BCUT2D eigenvalue weighted by molar-refractivity contribution is -0.123. The SMILES string of the molecule is CC[C@H]1C[C@H]2C[C@H]3C4=Nc5ccc(OC)cc5[C@@]4(O)CCN([C@@H]13)[C@@H]2CC(C)=O. The number of ether oxygens (including phenoxy) is 1. The van der Waals surface area contributed by atoms with E-state index in [2.05, 4.69) is 11.8 Å². The largest absolute Gasteiger partial charge is 0.497 e. The molecule has 1 N–H and O–H groups in total. The Balaban J connectivity index is 1.59. The highest BCUT2D eigenvalue weighted by molar-refractivity contribution is 6.02. The number of aliphatic hydroxyl groups is 1. The Labute approximate surface area is 166 Å². The third kappa shape index (κ3) is 2.45. The van der Waals surface area contributed by atoms with E-state index >= 15 is 0 Å². The maximum atomic E-state index is 12.0. The second-order valence-electron chi connectivity index (χ2n) is 9.20. The van der Waals surface area contributed by atoms with Crippen molar-refractivity contribution in [3.63, 3.8) is 0 Å². The van der Waals surface area contributed by atoms with E-state index in [4.69, 9.17) is 9.73 Å². The van der Waals surface area contributed by atoms with Crippen LogP contribution in [-0.4, -0.2) is 47.2 Å². The van der Waals surface area contributed by atoms with Crippen LogP contribution in [0.3, 0.4) is 0 Å². The van der Waals surface area contributed by atoms with Gasteiger partial charge in [-0.2, -0.15) is 0 Å². The summed E-state index contributed by atoms with van der Waals surface area (Å²) in [6.45, 7) is 4.81. The number of fused-ring (bicyclic) bond motifs is 4. The first kappa shape index (κ1) is 18.3. The number of rotatable bonds is 4. The number of nitrogens with zero attached hydrogens (tertiary/aromatic N) is 2. The van der Waals surface area contributed by atoms with Gasteiger partial charge in [-0.15, -0.1) is 0 Å². The number of aliphatic imine (C=N–C) groups is 1. The highest BCUT2D eigenvalue weighted by atomic mass is 16.5. The molecule has 150 valence electrons. The maximum Gasteiger partial charge on any atom is 0.131 e. The smallest absolute Gasteiger partial charge is 0.131 e. The third-order valence-corrected chi connectivity index (χ3v) is 7.83. The summed E-state index contributed by atoms with van der Waals surface area (Å²) < 4.78 is 5.42. The van der Waals surface area contributed by atoms with Crippen molar-refractivity contribution in [2.24, 2.45) is 22.7 Å². The van der Waals surface area contributed by atoms with E-state index in [9.17, 15) is 9.90 Å². The van der Waals surface area contributed by atoms with Gasteiger partial charge in [0.25, 0.3) is 0 Å². The molecule has 0 aromatic heterocycles. The Kier molecular flexibility index (Phi) is 4.18. The predicted molar refractivity (Wildman–Crippen MR) is 108 cm³/mol. The van der Waals surface area contributed by atoms with Crippen LogP contribution in [0.25, 0.3) is 0 Å². The molecule has 28 heavy (non-hydrogen) atoms. The molecule has 6 rings (SSSR count). The molecule has 7 atom stereocenters. The minimum atomic E-state index is -1.01. The van der Waals surface area contributed by atoms with Crippen LogP contribution in [0.5, 0.6) is 5.75 Å². The molecule has 4 heterocycles. The van der Waals surface area contributed by atoms with Gasteiger partial charge in [0.2, 0.25) is 0 Å². The lowest BCUT2D eigenvalue weighted by Crippen LogP contribution is -2.63. The van der Waals surface area contributed by atoms with E-state index in [1.807, 2.05) is 18.2 Å². The van der Waals surface area contributed by atoms with Crippen LogP contribution in [0.15, 0.2) is 23.2 Å². The number of Topliss-reactive ketones (excluding diaryl/α,β-unsaturated/α-hetero) is 1. The van der Waals surface area contributed by atoms with Gasteiger partial charge in [0.05, 0.1) is 18.5 Å². The Morgan fingerprint density at radius 2 is 2.21 bits per heavy atom. The number of ketones is 1. The molecular formula is C23H30N2O3. The van der Waals surface area contributed by atoms with Crippen molar-refractivity contribution in [3.8, 4) is 5.75 Å². The van der Waals surface area contributed by atoms with Crippen LogP contribution in [0.4, 0.5) is 5.69 Å². The molecule has 5 nitrogen and oxygen atoms in total. The van der Waals surface area contributed by atoms with Gasteiger partial charge < -0.3 is 9.84 Å². The fraction of sp³-hybridized carbons (Fsp3) is 0.652. The van der Waals surface area contributed by atoms with Crippen LogP contribution in [0, 0.1) is 17.8 Å². The van der Waals surface area contributed by atoms with Crippen LogP contribution in [0.2, 0.25) is 0 Å². The van der Waals surface area contributed by atoms with Crippen molar-refractivity contribution in [1.82, 2.24) is 4.90 Å². The number of carbonyl (C=O) groups excluding carboxylic acids is 1. The first-order valence-electron chi connectivity index (χ1n) is 10.7. The monoisotopic (exact) mass is 382 g/mol. The second-order valence-corrected chi connectivity index (χ2v) is 9.20. The van der Waals surface area contributed by atoms with Gasteiger partial charge in [0.15, 0.2) is 0 Å². The van der Waals surface area contributed by atoms with Gasteiger partial charge in [0.1, 0.15) is 17.1 Å². The number of carbonyl (C=O) groups is 1. The van der Waals surface area contributed by atoms with Crippen molar-refractivity contribution >= 4 is 17.2 Å². The van der Waals surface area contributed by atoms with Crippen molar-refractivity contribution in [2.45, 2.75) is 63.6 Å². The number of methoxy groups -OCH3 is 1. The Morgan fingerprint density at radius 3 is 2.93 bits per heavy atom. The van der Waals surface area contributed by atoms with E-state index in [0.29, 0.717) is 36.8 Å². The molecule has 0 radical (unpaired) electrons. The molecule has 3 saturated heterocycles. The molecule has 1 saturated carbocycles. The average Bonchev–Trinajstić information content (AvgIpc) is 2.93. The van der Waals surface area contributed by atoms with Gasteiger partial charge in [-0.05, 0) is 56.2 Å². The molecule has 0 spiro atoms. The highest BCUT2D eigenvalue weighted by Crippen LogP contribution is 2.56. The Morgan fingerprint density at radius 1 is 1.39 bits per heavy atom. The van der Waals surface area contributed by atoms with Crippen molar-refractivity contribution in [1.29, 1.82) is 0 Å². The third-order valence-electron chi connectivity index (χ3n) is 7.83. The minimum absolute atomic E-state index is 0.276. The summed E-state index contributed by atoms with van der Waals surface area (Å²) in [5.41, 5.74) is 1.74. The Hall–Kier alpha value is -1.72. The first-order chi connectivity index (χ1) is 13.5. The predicted octanol–water partition coefficient (Wildman–Crippen LogP) is 3.46. The van der Waals surface area contributed by atoms with Gasteiger partial charge in [-0.1, -0.05) is 13.3 Å². The molecule has 5 aliphatic rings. The van der Waals surface area contributed by atoms with Crippen LogP contribution in [-0.2, 0) is 10.4 Å². The number of piperidine rings is 2. The van der Waals surface area contributed by atoms with Crippen molar-refractivity contribution in [2.75, 3.05) is 13.7 Å². The van der Waals surface area contributed by atoms with E-state index in [1.165, 1.54) is 6.42 Å². The molecule has 5 heteroatoms. The molecule has 4 aliphatic heterocycles. The summed E-state index contributed by atoms with van der Waals surface area (Å²) in [5.74, 6) is 2.46. The molecular weight excluding hydrogens is 352 g/mol. The van der Waals surface area contributed by atoms with E-state index < -0.39 is 5.60 Å². The minimum Gasteiger partial charge on any atom is -0.497 e. The molecule has 0 amide bonds. The quantitative estimate of drug-likeness (QED) is 0.866. The highest BCUT2D eigenvalue weighted by Gasteiger charge is 2.59. The van der Waals surface area contributed by atoms with Crippen LogP contribution < -0.4 is 4.74 Å². The first-order valence-corrected chi connectivity index (χ1v) is 10.7. The molecule has 1 aromatic carbocycles. The molecule has 1 aliphatic carbocycles. The number of hydrogen-bond donors (Lipinski definition) is 1. The number of benzene rings is 1. The van der Waals surface area contributed by atoms with Gasteiger partial charge in [0, 0.05) is 36.5 Å². The van der Waals surface area contributed by atoms with Gasteiger partial charge in [-0.25, -0.2) is 0 Å². The standard InChI is InChI=1S/C23H30N2O3/c1-4-14-10-15-11-17-21(14)25(20(15)9-13(2)26)8-7-23(27)18-12-16(28-3)5-6-19(18)24-22(17)23/h5-6,12,14-15,17,20-21,27H,4,7-11H2,1-3H3/t14-,15-,17+,20+,21-,23-/m0/s1. The van der Waals surface area contributed by atoms with Gasteiger partial charge in [-0.3, -0.25) is 14.7 Å². The van der Waals surface area contributed by atoms with E-state index in [1.54, 1.807) is 14.0 Å². The fourth-order valence-electron chi connectivity index (χ4n) is 6.68. The summed E-state index contributed by atoms with van der Waals surface area (Å²) in [5, 5.41) is 11.9. The van der Waals surface area contributed by atoms with Crippen LogP contribution in [0.1, 0.15) is 51.5 Å². The van der Waals surface area contributed by atoms with E-state index in [0.717, 1.165) is 42.1 Å². The van der Waals surface area contributed by atoms with Gasteiger partial charge >= 0.3 is 0 Å². The Bertz CT molecular complexity index is 850. The fourth-order valence-corrected chi connectivity index (χ4v) is 6.68. The average molecular weight is 383 g/mol. The van der Waals surface area contributed by atoms with E-state index in [-0.39, 0.29) is 11.7 Å². The zero-order valence-corrected chi connectivity index (χ0v) is 17.0. The topological polar surface area (TPSA) is 62.1 Å². The summed E-state index contributed by atoms with van der Waals surface area (Å²) in [6.07, 6.45) is 4.67. The summed E-state index contributed by atoms with van der Waals surface area (Å²) in [4.78, 5) is 19.5. The van der Waals surface area contributed by atoms with Crippen LogP contribution >= 0.6 is 0 Å². The summed E-state index contributed by atoms with van der Waals surface area (Å²) >= 11 is 0. The van der Waals surface area contributed by atoms with Crippen molar-refractivity contribution in [3.05, 3.63) is 23.8 Å². The molecule has 4 bridgehead atoms. The molecule has 1 unspecified atom stereocenters. The summed E-state index contributed by atoms with van der Waals surface area (Å²) in [6, 6.07) is 6.58.